The minimum atomic E-state index is 0.0175. The molecule has 1 saturated heterocycles. The predicted molar refractivity (Wildman–Crippen MR) is 79.1 cm³/mol. The van der Waals surface area contributed by atoms with Crippen LogP contribution in [0.1, 0.15) is 30.4 Å². The zero-order chi connectivity index (χ0) is 14.8. The van der Waals surface area contributed by atoms with Crippen LogP contribution >= 0.6 is 11.6 Å². The van der Waals surface area contributed by atoms with E-state index in [-0.39, 0.29) is 6.10 Å². The normalized spacial score (nSPS) is 23.4. The monoisotopic (exact) mass is 307 g/mol. The highest BCUT2D eigenvalue weighted by molar-refractivity contribution is 6.30. The first-order chi connectivity index (χ1) is 10.1. The van der Waals surface area contributed by atoms with Crippen molar-refractivity contribution in [2.24, 2.45) is 0 Å². The molecule has 1 aliphatic heterocycles. The summed E-state index contributed by atoms with van der Waals surface area (Å²) in [6.45, 7) is 6.03. The minimum absolute atomic E-state index is 0.0175. The highest BCUT2D eigenvalue weighted by Gasteiger charge is 2.28. The zero-order valence-corrected chi connectivity index (χ0v) is 12.9. The lowest BCUT2D eigenvalue weighted by Crippen LogP contribution is -2.44. The molecule has 0 saturated carbocycles. The first kappa shape index (κ1) is 14.5. The van der Waals surface area contributed by atoms with Gasteiger partial charge in [0.15, 0.2) is 0 Å². The summed E-state index contributed by atoms with van der Waals surface area (Å²) in [5.41, 5.74) is 1.10. The van der Waals surface area contributed by atoms with E-state index in [0.717, 1.165) is 17.1 Å². The summed E-state index contributed by atoms with van der Waals surface area (Å²) in [5.74, 6) is 1.24. The molecule has 5 nitrogen and oxygen atoms in total. The molecule has 0 radical (unpaired) electrons. The zero-order valence-electron chi connectivity index (χ0n) is 12.1. The van der Waals surface area contributed by atoms with Gasteiger partial charge in [0.1, 0.15) is 0 Å². The van der Waals surface area contributed by atoms with Crippen molar-refractivity contribution >= 4 is 11.6 Å². The van der Waals surface area contributed by atoms with E-state index in [1.54, 1.807) is 6.92 Å². The van der Waals surface area contributed by atoms with E-state index in [4.69, 9.17) is 20.8 Å². The van der Waals surface area contributed by atoms with Crippen LogP contribution in [-0.2, 0) is 11.3 Å². The molecular formula is C15H18ClN3O2. The number of ether oxygens (including phenoxy) is 1. The SMILES string of the molecule is Cc1nnc(CN2CC(c3cccc(Cl)c3)OCC2C)o1. The van der Waals surface area contributed by atoms with Crippen molar-refractivity contribution in [3.05, 3.63) is 46.6 Å². The lowest BCUT2D eigenvalue weighted by Gasteiger charge is -2.37. The number of rotatable bonds is 3. The number of nitrogens with zero attached hydrogens (tertiary/aromatic N) is 3. The summed E-state index contributed by atoms with van der Waals surface area (Å²) in [6, 6.07) is 8.13. The van der Waals surface area contributed by atoms with Gasteiger partial charge in [-0.1, -0.05) is 23.7 Å². The summed E-state index contributed by atoms with van der Waals surface area (Å²) in [5, 5.41) is 8.67. The molecule has 3 rings (SSSR count). The quantitative estimate of drug-likeness (QED) is 0.872. The van der Waals surface area contributed by atoms with Gasteiger partial charge in [0, 0.05) is 24.5 Å². The average molecular weight is 308 g/mol. The van der Waals surface area contributed by atoms with Crippen molar-refractivity contribution in [1.82, 2.24) is 15.1 Å². The van der Waals surface area contributed by atoms with Crippen molar-refractivity contribution in [3.8, 4) is 0 Å². The molecular weight excluding hydrogens is 290 g/mol. The van der Waals surface area contributed by atoms with E-state index in [9.17, 15) is 0 Å². The third-order valence-corrected chi connectivity index (χ3v) is 3.92. The number of hydrogen-bond acceptors (Lipinski definition) is 5. The molecule has 2 atom stereocenters. The highest BCUT2D eigenvalue weighted by atomic mass is 35.5. The molecule has 1 aliphatic rings. The first-order valence-electron chi connectivity index (χ1n) is 7.02. The maximum absolute atomic E-state index is 6.06. The number of aromatic nitrogens is 2. The van der Waals surface area contributed by atoms with Gasteiger partial charge >= 0.3 is 0 Å². The minimum Gasteiger partial charge on any atom is -0.424 e. The first-order valence-corrected chi connectivity index (χ1v) is 7.39. The molecule has 0 bridgehead atoms. The van der Waals surface area contributed by atoms with Crippen LogP contribution in [0.4, 0.5) is 0 Å². The van der Waals surface area contributed by atoms with Crippen molar-refractivity contribution in [2.45, 2.75) is 32.5 Å². The maximum atomic E-state index is 6.06. The summed E-state index contributed by atoms with van der Waals surface area (Å²) in [7, 11) is 0. The molecule has 0 spiro atoms. The van der Waals surface area contributed by atoms with Crippen LogP contribution in [0, 0.1) is 6.92 Å². The topological polar surface area (TPSA) is 51.4 Å². The molecule has 1 fully saturated rings. The Labute approximate surface area is 128 Å². The molecule has 6 heteroatoms. The summed E-state index contributed by atoms with van der Waals surface area (Å²) in [6.07, 6.45) is 0.0175. The van der Waals surface area contributed by atoms with Crippen molar-refractivity contribution in [2.75, 3.05) is 13.2 Å². The number of morpholine rings is 1. The van der Waals surface area contributed by atoms with Crippen molar-refractivity contribution in [3.63, 3.8) is 0 Å². The Kier molecular flexibility index (Phi) is 4.24. The fraction of sp³-hybridized carbons (Fsp3) is 0.467. The second-order valence-corrected chi connectivity index (χ2v) is 5.81. The number of halogens is 1. The molecule has 21 heavy (non-hydrogen) atoms. The molecule has 0 amide bonds. The Morgan fingerprint density at radius 2 is 2.24 bits per heavy atom. The molecule has 0 aliphatic carbocycles. The van der Waals surface area contributed by atoms with E-state index < -0.39 is 0 Å². The van der Waals surface area contributed by atoms with Gasteiger partial charge in [-0.25, -0.2) is 0 Å². The van der Waals surface area contributed by atoms with E-state index >= 15 is 0 Å². The lowest BCUT2D eigenvalue weighted by atomic mass is 10.1. The van der Waals surface area contributed by atoms with Crippen LogP contribution < -0.4 is 0 Å². The standard InChI is InChI=1S/C15H18ClN3O2/c1-10-9-20-14(12-4-3-5-13(16)6-12)7-19(10)8-15-18-17-11(2)21-15/h3-6,10,14H,7-9H2,1-2H3. The Balaban J connectivity index is 1.72. The third-order valence-electron chi connectivity index (χ3n) is 3.69. The van der Waals surface area contributed by atoms with Crippen LogP contribution in [0.2, 0.25) is 5.02 Å². The van der Waals surface area contributed by atoms with Crippen LogP contribution in [0.5, 0.6) is 0 Å². The van der Waals surface area contributed by atoms with Crippen molar-refractivity contribution in [1.29, 1.82) is 0 Å². The summed E-state index contributed by atoms with van der Waals surface area (Å²) in [4.78, 5) is 2.29. The predicted octanol–water partition coefficient (Wildman–Crippen LogP) is 2.99. The fourth-order valence-electron chi connectivity index (χ4n) is 2.51. The van der Waals surface area contributed by atoms with Gasteiger partial charge in [-0.2, -0.15) is 0 Å². The van der Waals surface area contributed by atoms with Crippen molar-refractivity contribution < 1.29 is 9.15 Å². The Bertz CT molecular complexity index is 616. The third kappa shape index (κ3) is 3.43. The van der Waals surface area contributed by atoms with Gasteiger partial charge in [0.25, 0.3) is 0 Å². The number of hydrogen-bond donors (Lipinski definition) is 0. The molecule has 112 valence electrons. The smallest absolute Gasteiger partial charge is 0.230 e. The molecule has 1 aromatic heterocycles. The average Bonchev–Trinajstić information content (AvgIpc) is 2.87. The van der Waals surface area contributed by atoms with Gasteiger partial charge in [0.05, 0.1) is 19.3 Å². The van der Waals surface area contributed by atoms with E-state index in [1.165, 1.54) is 0 Å². The second-order valence-electron chi connectivity index (χ2n) is 5.37. The Morgan fingerprint density at radius 1 is 1.38 bits per heavy atom. The molecule has 2 aromatic rings. The van der Waals surface area contributed by atoms with Crippen LogP contribution in [0.25, 0.3) is 0 Å². The molecule has 2 heterocycles. The summed E-state index contributed by atoms with van der Waals surface area (Å²) < 4.78 is 11.4. The highest BCUT2D eigenvalue weighted by Crippen LogP contribution is 2.27. The van der Waals surface area contributed by atoms with E-state index in [1.807, 2.05) is 24.3 Å². The Hall–Kier alpha value is -1.43. The van der Waals surface area contributed by atoms with Gasteiger partial charge < -0.3 is 9.15 Å². The number of benzene rings is 1. The second kappa shape index (κ2) is 6.13. The number of aryl methyl sites for hydroxylation is 1. The van der Waals surface area contributed by atoms with E-state index in [0.29, 0.717) is 31.0 Å². The summed E-state index contributed by atoms with van der Waals surface area (Å²) >= 11 is 6.06. The van der Waals surface area contributed by atoms with Crippen LogP contribution in [0.3, 0.4) is 0 Å². The van der Waals surface area contributed by atoms with Crippen LogP contribution in [0.15, 0.2) is 28.7 Å². The van der Waals surface area contributed by atoms with E-state index in [2.05, 4.69) is 22.0 Å². The van der Waals surface area contributed by atoms with Gasteiger partial charge in [-0.05, 0) is 24.6 Å². The molecule has 2 unspecified atom stereocenters. The van der Waals surface area contributed by atoms with Crippen LogP contribution in [-0.4, -0.2) is 34.3 Å². The lowest BCUT2D eigenvalue weighted by molar-refractivity contribution is -0.0656. The maximum Gasteiger partial charge on any atom is 0.230 e. The fourth-order valence-corrected chi connectivity index (χ4v) is 2.71. The van der Waals surface area contributed by atoms with Gasteiger partial charge in [-0.3, -0.25) is 4.90 Å². The largest absolute Gasteiger partial charge is 0.424 e. The molecule has 0 N–H and O–H groups in total. The molecule has 1 aromatic carbocycles. The Morgan fingerprint density at radius 3 is 2.95 bits per heavy atom. The van der Waals surface area contributed by atoms with Gasteiger partial charge in [-0.15, -0.1) is 10.2 Å². The van der Waals surface area contributed by atoms with Gasteiger partial charge in [0.2, 0.25) is 11.8 Å².